The van der Waals surface area contributed by atoms with E-state index in [1.807, 2.05) is 52.5 Å². The van der Waals surface area contributed by atoms with Crippen LogP contribution < -0.4 is 14.8 Å². The van der Waals surface area contributed by atoms with Crippen LogP contribution in [-0.2, 0) is 0 Å². The molecule has 0 fully saturated rings. The number of methoxy groups -OCH3 is 2. The maximum Gasteiger partial charge on any atom is 0.273 e. The average molecular weight is 446 g/mol. The van der Waals surface area contributed by atoms with Crippen LogP contribution in [0.2, 0.25) is 0 Å². The molecule has 0 saturated heterocycles. The number of carbonyl (C=O) groups is 1. The van der Waals surface area contributed by atoms with Crippen LogP contribution >= 0.6 is 11.3 Å². The number of amides is 1. The Morgan fingerprint density at radius 1 is 1.06 bits per heavy atom. The van der Waals surface area contributed by atoms with Crippen molar-refractivity contribution in [2.24, 2.45) is 0 Å². The predicted octanol–water partition coefficient (Wildman–Crippen LogP) is 4.72. The molecule has 0 unspecified atom stereocenters. The van der Waals surface area contributed by atoms with Crippen molar-refractivity contribution in [2.75, 3.05) is 19.5 Å². The van der Waals surface area contributed by atoms with Gasteiger partial charge in [0.1, 0.15) is 17.2 Å². The van der Waals surface area contributed by atoms with E-state index in [2.05, 4.69) is 20.5 Å². The summed E-state index contributed by atoms with van der Waals surface area (Å²) in [5.74, 6) is 0.997. The van der Waals surface area contributed by atoms with E-state index in [0.29, 0.717) is 28.6 Å². The molecule has 0 aliphatic rings. The number of fused-ring (bicyclic) bond motifs is 1. The number of para-hydroxylation sites is 1. The van der Waals surface area contributed by atoms with Crippen LogP contribution in [0, 0.1) is 0 Å². The minimum absolute atomic E-state index is 0.306. The number of anilines is 1. The highest BCUT2D eigenvalue weighted by molar-refractivity contribution is 7.15. The molecule has 8 nitrogen and oxygen atoms in total. The number of H-pyrrole nitrogens is 1. The Balaban J connectivity index is 1.43. The zero-order valence-electron chi connectivity index (χ0n) is 17.3. The molecule has 160 valence electrons. The van der Waals surface area contributed by atoms with Crippen LogP contribution in [0.25, 0.3) is 27.5 Å². The molecule has 0 atom stereocenters. The molecule has 0 saturated carbocycles. The van der Waals surface area contributed by atoms with E-state index < -0.39 is 0 Å². The number of rotatable bonds is 6. The summed E-state index contributed by atoms with van der Waals surface area (Å²) in [6.45, 7) is 0. The van der Waals surface area contributed by atoms with Gasteiger partial charge in [-0.2, -0.15) is 5.10 Å². The van der Waals surface area contributed by atoms with Gasteiger partial charge in [-0.05, 0) is 30.3 Å². The topological polar surface area (TPSA) is 93.5 Å². The van der Waals surface area contributed by atoms with E-state index in [9.17, 15) is 4.79 Å². The number of aromatic nitrogens is 4. The maximum absolute atomic E-state index is 13.0. The summed E-state index contributed by atoms with van der Waals surface area (Å²) in [6.07, 6.45) is 3.90. The molecule has 1 amide bonds. The second-order valence-corrected chi connectivity index (χ2v) is 7.82. The molecule has 32 heavy (non-hydrogen) atoms. The minimum atomic E-state index is -0.306. The van der Waals surface area contributed by atoms with Crippen LogP contribution in [0.5, 0.6) is 11.5 Å². The summed E-state index contributed by atoms with van der Waals surface area (Å²) < 4.78 is 12.7. The lowest BCUT2D eigenvalue weighted by molar-refractivity contribution is 0.102. The third-order valence-corrected chi connectivity index (χ3v) is 5.82. The monoisotopic (exact) mass is 445 g/mol. The van der Waals surface area contributed by atoms with Crippen molar-refractivity contribution in [2.45, 2.75) is 0 Å². The number of hydrogen-bond acceptors (Lipinski definition) is 6. The Kier molecular flexibility index (Phi) is 5.08. The fraction of sp³-hybridized carbons (Fsp3) is 0.0870. The van der Waals surface area contributed by atoms with Gasteiger partial charge < -0.3 is 14.8 Å². The molecule has 5 rings (SSSR count). The summed E-state index contributed by atoms with van der Waals surface area (Å²) in [4.78, 5) is 18.5. The lowest BCUT2D eigenvalue weighted by Gasteiger charge is -2.09. The van der Waals surface area contributed by atoms with Gasteiger partial charge in [0.2, 0.25) is 0 Å². The Morgan fingerprint density at radius 2 is 1.94 bits per heavy atom. The van der Waals surface area contributed by atoms with Crippen LogP contribution in [0.3, 0.4) is 0 Å². The van der Waals surface area contributed by atoms with Gasteiger partial charge in [-0.3, -0.25) is 14.3 Å². The van der Waals surface area contributed by atoms with Crippen LogP contribution in [0.4, 0.5) is 5.69 Å². The lowest BCUT2D eigenvalue weighted by Crippen LogP contribution is -2.13. The lowest BCUT2D eigenvalue weighted by atomic mass is 10.1. The predicted molar refractivity (Wildman–Crippen MR) is 124 cm³/mol. The summed E-state index contributed by atoms with van der Waals surface area (Å²) in [5, 5.41) is 12.1. The fourth-order valence-electron chi connectivity index (χ4n) is 3.45. The highest BCUT2D eigenvalue weighted by Crippen LogP contribution is 2.33. The second-order valence-electron chi connectivity index (χ2n) is 6.95. The quantitative estimate of drug-likeness (QED) is 0.394. The smallest absolute Gasteiger partial charge is 0.273 e. The molecule has 9 heteroatoms. The summed E-state index contributed by atoms with van der Waals surface area (Å²) >= 11 is 1.56. The van der Waals surface area contributed by atoms with E-state index in [4.69, 9.17) is 9.47 Å². The van der Waals surface area contributed by atoms with Crippen molar-refractivity contribution in [3.05, 3.63) is 72.0 Å². The number of nitrogens with zero attached hydrogens (tertiary/aromatic N) is 3. The molecular weight excluding hydrogens is 426 g/mol. The third kappa shape index (κ3) is 3.58. The number of benzene rings is 2. The Hall–Kier alpha value is -4.11. The third-order valence-electron chi connectivity index (χ3n) is 5.05. The van der Waals surface area contributed by atoms with Crippen molar-refractivity contribution in [1.29, 1.82) is 0 Å². The Morgan fingerprint density at radius 3 is 2.75 bits per heavy atom. The van der Waals surface area contributed by atoms with Gasteiger partial charge >= 0.3 is 0 Å². The highest BCUT2D eigenvalue weighted by atomic mass is 32.1. The number of carbonyl (C=O) groups excluding carboxylic acids is 1. The molecule has 2 aromatic carbocycles. The number of imidazole rings is 1. The van der Waals surface area contributed by atoms with E-state index in [0.717, 1.165) is 21.8 Å². The molecule has 3 heterocycles. The van der Waals surface area contributed by atoms with E-state index in [1.165, 1.54) is 0 Å². The van der Waals surface area contributed by atoms with Gasteiger partial charge in [-0.15, -0.1) is 11.3 Å². The minimum Gasteiger partial charge on any atom is -0.497 e. The van der Waals surface area contributed by atoms with E-state index in [1.54, 1.807) is 43.8 Å². The van der Waals surface area contributed by atoms with Crippen molar-refractivity contribution in [3.8, 4) is 34.0 Å². The van der Waals surface area contributed by atoms with Gasteiger partial charge in [0.05, 0.1) is 31.3 Å². The van der Waals surface area contributed by atoms with Gasteiger partial charge in [0.15, 0.2) is 4.96 Å². The number of aromatic amines is 1. The molecule has 2 N–H and O–H groups in total. The zero-order chi connectivity index (χ0) is 22.1. The largest absolute Gasteiger partial charge is 0.497 e. The zero-order valence-corrected chi connectivity index (χ0v) is 18.1. The van der Waals surface area contributed by atoms with Gasteiger partial charge in [0.25, 0.3) is 5.91 Å². The first-order chi connectivity index (χ1) is 15.7. The van der Waals surface area contributed by atoms with Crippen molar-refractivity contribution >= 4 is 27.9 Å². The molecule has 0 radical (unpaired) electrons. The maximum atomic E-state index is 13.0. The molecule has 0 aliphatic heterocycles. The molecule has 0 aliphatic carbocycles. The number of thiazole rings is 1. The van der Waals surface area contributed by atoms with Crippen molar-refractivity contribution in [3.63, 3.8) is 0 Å². The molecule has 0 spiro atoms. The number of nitrogens with one attached hydrogen (secondary N) is 2. The van der Waals surface area contributed by atoms with Gasteiger partial charge in [0, 0.05) is 28.9 Å². The standard InChI is InChI=1S/C23H19N5O3S/c1-30-14-7-8-21(31-2)16(11-14)18-12-19(27-26-18)22(29)24-17-6-4-3-5-15(17)20-13-28-9-10-32-23(28)25-20/h3-13H,1-2H3,(H,24,29)(H,26,27). The first-order valence-corrected chi connectivity index (χ1v) is 10.6. The number of ether oxygens (including phenoxy) is 2. The SMILES string of the molecule is COc1ccc(OC)c(-c2cc(C(=O)Nc3ccccc3-c3cn4ccsc4n3)[nH]n2)c1. The molecule has 3 aromatic heterocycles. The summed E-state index contributed by atoms with van der Waals surface area (Å²) in [5.41, 5.74) is 3.92. The average Bonchev–Trinajstić information content (AvgIpc) is 3.55. The van der Waals surface area contributed by atoms with Crippen molar-refractivity contribution < 1.29 is 14.3 Å². The van der Waals surface area contributed by atoms with Crippen molar-refractivity contribution in [1.82, 2.24) is 19.6 Å². The van der Waals surface area contributed by atoms with Gasteiger partial charge in [-0.1, -0.05) is 18.2 Å². The first kappa shape index (κ1) is 19.8. The van der Waals surface area contributed by atoms with E-state index in [-0.39, 0.29) is 5.91 Å². The van der Waals surface area contributed by atoms with Crippen LogP contribution in [-0.4, -0.2) is 39.7 Å². The highest BCUT2D eigenvalue weighted by Gasteiger charge is 2.17. The normalized spacial score (nSPS) is 10.9. The molecular formula is C23H19N5O3S. The first-order valence-electron chi connectivity index (χ1n) is 9.77. The Labute approximate surface area is 187 Å². The Bertz CT molecular complexity index is 1390. The van der Waals surface area contributed by atoms with E-state index >= 15 is 0 Å². The van der Waals surface area contributed by atoms with Crippen LogP contribution in [0.1, 0.15) is 10.5 Å². The molecule has 5 aromatic rings. The van der Waals surface area contributed by atoms with Crippen LogP contribution in [0.15, 0.2) is 66.3 Å². The van der Waals surface area contributed by atoms with Gasteiger partial charge in [-0.25, -0.2) is 4.98 Å². The number of hydrogen-bond donors (Lipinski definition) is 2. The summed E-state index contributed by atoms with van der Waals surface area (Å²) in [6, 6.07) is 14.7. The molecule has 0 bridgehead atoms. The fourth-order valence-corrected chi connectivity index (χ4v) is 4.15. The second kappa shape index (κ2) is 8.20. The summed E-state index contributed by atoms with van der Waals surface area (Å²) in [7, 11) is 3.18.